The Kier molecular flexibility index (Phi) is 3.93. The van der Waals surface area contributed by atoms with Crippen LogP contribution in [0.15, 0.2) is 27.6 Å². The van der Waals surface area contributed by atoms with Crippen LogP contribution in [0.1, 0.15) is 50.0 Å². The molecule has 122 valence electrons. The summed E-state index contributed by atoms with van der Waals surface area (Å²) in [5.74, 6) is 2.10. The first kappa shape index (κ1) is 14.9. The van der Waals surface area contributed by atoms with Gasteiger partial charge in [-0.15, -0.1) is 0 Å². The largest absolute Gasteiger partial charge is 0.440 e. The minimum Gasteiger partial charge on any atom is -0.440 e. The zero-order valence-corrected chi connectivity index (χ0v) is 14.1. The first-order valence-corrected chi connectivity index (χ1v) is 8.82. The predicted octanol–water partition coefficient (Wildman–Crippen LogP) is 3.86. The molecular weight excluding hydrogens is 286 g/mol. The third-order valence-electron chi connectivity index (χ3n) is 5.27. The molecule has 1 unspecified atom stereocenters. The molecule has 1 aromatic carbocycles. The number of nitrogens with zero attached hydrogens (tertiary/aromatic N) is 3. The Labute approximate surface area is 137 Å². The van der Waals surface area contributed by atoms with Crippen LogP contribution in [0.5, 0.6) is 0 Å². The Morgan fingerprint density at radius 1 is 1.17 bits per heavy atom. The summed E-state index contributed by atoms with van der Waals surface area (Å²) >= 11 is 0. The van der Waals surface area contributed by atoms with Crippen molar-refractivity contribution in [2.75, 3.05) is 26.7 Å². The highest BCUT2D eigenvalue weighted by molar-refractivity contribution is 6.02. The summed E-state index contributed by atoms with van der Waals surface area (Å²) in [5, 5.41) is 0. The van der Waals surface area contributed by atoms with E-state index in [1.165, 1.54) is 17.7 Å². The van der Waals surface area contributed by atoms with Crippen LogP contribution in [0.25, 0.3) is 11.1 Å². The summed E-state index contributed by atoms with van der Waals surface area (Å²) in [6, 6.07) is 6.36. The zero-order valence-electron chi connectivity index (χ0n) is 14.1. The first-order chi connectivity index (χ1) is 11.2. The molecule has 1 fully saturated rings. The van der Waals surface area contributed by atoms with Crippen LogP contribution in [0.2, 0.25) is 0 Å². The molecule has 3 heterocycles. The maximum absolute atomic E-state index is 6.03. The van der Waals surface area contributed by atoms with Crippen LogP contribution in [-0.2, 0) is 0 Å². The third kappa shape index (κ3) is 3.05. The number of hydrogen-bond acceptors (Lipinski definition) is 4. The number of aromatic nitrogens is 1. The molecule has 2 aliphatic heterocycles. The SMILES string of the molecule is CC1CCC(c2ccc3oc(C4CCN(C)CC4)nc3c2)=NC1. The average Bonchev–Trinajstić information content (AvgIpc) is 2.99. The lowest BCUT2D eigenvalue weighted by Crippen LogP contribution is -2.29. The van der Waals surface area contributed by atoms with Gasteiger partial charge in [0.1, 0.15) is 5.52 Å². The molecule has 0 radical (unpaired) electrons. The normalized spacial score (nSPS) is 24.1. The average molecular weight is 311 g/mol. The molecule has 1 atom stereocenters. The molecule has 0 spiro atoms. The summed E-state index contributed by atoms with van der Waals surface area (Å²) < 4.78 is 6.03. The Balaban J connectivity index is 1.60. The van der Waals surface area contributed by atoms with E-state index in [-0.39, 0.29) is 0 Å². The molecule has 4 rings (SSSR count). The van der Waals surface area contributed by atoms with Crippen molar-refractivity contribution in [3.05, 3.63) is 29.7 Å². The zero-order chi connectivity index (χ0) is 15.8. The number of rotatable bonds is 2. The second-order valence-corrected chi connectivity index (χ2v) is 7.24. The molecule has 0 aliphatic carbocycles. The van der Waals surface area contributed by atoms with Gasteiger partial charge in [-0.3, -0.25) is 4.99 Å². The lowest BCUT2D eigenvalue weighted by molar-refractivity contribution is 0.239. The monoisotopic (exact) mass is 311 g/mol. The topological polar surface area (TPSA) is 41.6 Å². The van der Waals surface area contributed by atoms with Crippen molar-refractivity contribution in [1.82, 2.24) is 9.88 Å². The number of oxazole rings is 1. The highest BCUT2D eigenvalue weighted by atomic mass is 16.3. The van der Waals surface area contributed by atoms with Gasteiger partial charge in [-0.05, 0) is 75.5 Å². The fourth-order valence-corrected chi connectivity index (χ4v) is 3.61. The van der Waals surface area contributed by atoms with Crippen molar-refractivity contribution in [1.29, 1.82) is 0 Å². The summed E-state index contributed by atoms with van der Waals surface area (Å²) in [6.07, 6.45) is 4.59. The van der Waals surface area contributed by atoms with E-state index in [0.717, 1.165) is 55.9 Å². The Bertz CT molecular complexity index is 725. The number of aliphatic imine (C=N–C) groups is 1. The van der Waals surface area contributed by atoms with Crippen LogP contribution in [-0.4, -0.2) is 42.3 Å². The summed E-state index contributed by atoms with van der Waals surface area (Å²) in [4.78, 5) is 11.9. The minimum absolute atomic E-state index is 0.468. The standard InChI is InChI=1S/C19H25N3O/c1-13-3-5-16(20-12-13)15-4-6-18-17(11-15)21-19(23-18)14-7-9-22(2)10-8-14/h4,6,11,13-14H,3,5,7-10,12H2,1-2H3. The van der Waals surface area contributed by atoms with Gasteiger partial charge in [0.05, 0.1) is 0 Å². The van der Waals surface area contributed by atoms with E-state index in [0.29, 0.717) is 11.8 Å². The summed E-state index contributed by atoms with van der Waals surface area (Å²) in [6.45, 7) is 5.48. The van der Waals surface area contributed by atoms with E-state index in [1.807, 2.05) is 0 Å². The van der Waals surface area contributed by atoms with Crippen LogP contribution >= 0.6 is 0 Å². The van der Waals surface area contributed by atoms with Gasteiger partial charge in [-0.2, -0.15) is 0 Å². The number of likely N-dealkylation sites (tertiary alicyclic amines) is 1. The Morgan fingerprint density at radius 2 is 2.00 bits per heavy atom. The lowest BCUT2D eigenvalue weighted by Gasteiger charge is -2.26. The minimum atomic E-state index is 0.468. The van der Waals surface area contributed by atoms with E-state index in [1.54, 1.807) is 0 Å². The van der Waals surface area contributed by atoms with Crippen molar-refractivity contribution in [2.45, 2.75) is 38.5 Å². The molecule has 1 aromatic heterocycles. The fourth-order valence-electron chi connectivity index (χ4n) is 3.61. The molecule has 0 saturated carbocycles. The van der Waals surface area contributed by atoms with Gasteiger partial charge in [0.25, 0.3) is 0 Å². The van der Waals surface area contributed by atoms with Crippen molar-refractivity contribution in [3.63, 3.8) is 0 Å². The van der Waals surface area contributed by atoms with Gasteiger partial charge in [0.15, 0.2) is 11.5 Å². The Morgan fingerprint density at radius 3 is 2.74 bits per heavy atom. The Hall–Kier alpha value is -1.68. The molecular formula is C19H25N3O. The number of benzene rings is 1. The van der Waals surface area contributed by atoms with E-state index in [2.05, 4.69) is 37.1 Å². The molecule has 23 heavy (non-hydrogen) atoms. The highest BCUT2D eigenvalue weighted by Crippen LogP contribution is 2.30. The van der Waals surface area contributed by atoms with Gasteiger partial charge < -0.3 is 9.32 Å². The summed E-state index contributed by atoms with van der Waals surface area (Å²) in [5.41, 5.74) is 4.34. The fraction of sp³-hybridized carbons (Fsp3) is 0.579. The molecule has 0 amide bonds. The van der Waals surface area contributed by atoms with Gasteiger partial charge in [-0.1, -0.05) is 6.92 Å². The second-order valence-electron chi connectivity index (χ2n) is 7.24. The molecule has 2 aromatic rings. The molecule has 4 heteroatoms. The van der Waals surface area contributed by atoms with Gasteiger partial charge in [0, 0.05) is 18.2 Å². The van der Waals surface area contributed by atoms with Crippen LogP contribution < -0.4 is 0 Å². The second kappa shape index (κ2) is 6.08. The van der Waals surface area contributed by atoms with E-state index in [9.17, 15) is 0 Å². The van der Waals surface area contributed by atoms with Gasteiger partial charge in [0.2, 0.25) is 0 Å². The maximum atomic E-state index is 6.03. The van der Waals surface area contributed by atoms with Crippen molar-refractivity contribution in [3.8, 4) is 0 Å². The molecule has 0 bridgehead atoms. The quantitative estimate of drug-likeness (QED) is 0.846. The number of piperidine rings is 1. The maximum Gasteiger partial charge on any atom is 0.198 e. The van der Waals surface area contributed by atoms with E-state index < -0.39 is 0 Å². The van der Waals surface area contributed by atoms with Crippen LogP contribution in [0.4, 0.5) is 0 Å². The number of hydrogen-bond donors (Lipinski definition) is 0. The van der Waals surface area contributed by atoms with E-state index in [4.69, 9.17) is 14.4 Å². The van der Waals surface area contributed by atoms with Crippen LogP contribution in [0.3, 0.4) is 0 Å². The lowest BCUT2D eigenvalue weighted by atomic mass is 9.96. The smallest absolute Gasteiger partial charge is 0.198 e. The molecule has 0 N–H and O–H groups in total. The third-order valence-corrected chi connectivity index (χ3v) is 5.27. The summed E-state index contributed by atoms with van der Waals surface area (Å²) in [7, 11) is 2.18. The van der Waals surface area contributed by atoms with Crippen molar-refractivity contribution < 1.29 is 4.42 Å². The van der Waals surface area contributed by atoms with Crippen LogP contribution in [0, 0.1) is 5.92 Å². The predicted molar refractivity (Wildman–Crippen MR) is 93.3 cm³/mol. The van der Waals surface area contributed by atoms with Gasteiger partial charge >= 0.3 is 0 Å². The first-order valence-electron chi connectivity index (χ1n) is 8.82. The number of fused-ring (bicyclic) bond motifs is 1. The van der Waals surface area contributed by atoms with E-state index >= 15 is 0 Å². The van der Waals surface area contributed by atoms with Crippen molar-refractivity contribution in [2.24, 2.45) is 10.9 Å². The molecule has 2 aliphatic rings. The van der Waals surface area contributed by atoms with Gasteiger partial charge in [-0.25, -0.2) is 4.98 Å². The highest BCUT2D eigenvalue weighted by Gasteiger charge is 2.23. The molecule has 4 nitrogen and oxygen atoms in total. The van der Waals surface area contributed by atoms with Crippen molar-refractivity contribution >= 4 is 16.8 Å². The molecule has 1 saturated heterocycles.